The lowest BCUT2D eigenvalue weighted by molar-refractivity contribution is 0.742. The van der Waals surface area contributed by atoms with E-state index in [4.69, 9.17) is 11.6 Å². The maximum atomic E-state index is 6.16. The predicted molar refractivity (Wildman–Crippen MR) is 94.3 cm³/mol. The second-order valence-corrected chi connectivity index (χ2v) is 5.76. The highest BCUT2D eigenvalue weighted by atomic mass is 35.5. The number of halogens is 1. The van der Waals surface area contributed by atoms with E-state index >= 15 is 0 Å². The van der Waals surface area contributed by atoms with Crippen molar-refractivity contribution < 1.29 is 0 Å². The summed E-state index contributed by atoms with van der Waals surface area (Å²) in [5, 5.41) is 7.42. The highest BCUT2D eigenvalue weighted by Gasteiger charge is 2.06. The molecule has 0 saturated heterocycles. The van der Waals surface area contributed by atoms with Crippen LogP contribution in [-0.2, 0) is 0 Å². The average molecular weight is 319 g/mol. The molecule has 4 nitrogen and oxygen atoms in total. The summed E-state index contributed by atoms with van der Waals surface area (Å²) in [6.45, 7) is 7.01. The normalized spacial score (nSPS) is 10.5. The van der Waals surface area contributed by atoms with E-state index in [1.54, 1.807) is 0 Å². The number of aromatic nitrogens is 2. The van der Waals surface area contributed by atoms with E-state index in [2.05, 4.69) is 27.5 Å². The Morgan fingerprint density at radius 1 is 1.09 bits per heavy atom. The smallest absolute Gasteiger partial charge is 0.136 e. The summed E-state index contributed by atoms with van der Waals surface area (Å²) in [6, 6.07) is 7.73. The van der Waals surface area contributed by atoms with Crippen molar-refractivity contribution >= 4 is 28.9 Å². The van der Waals surface area contributed by atoms with Crippen LogP contribution in [0.25, 0.3) is 0 Å². The van der Waals surface area contributed by atoms with Gasteiger partial charge in [-0.1, -0.05) is 37.4 Å². The van der Waals surface area contributed by atoms with Crippen molar-refractivity contribution in [2.45, 2.75) is 40.0 Å². The second kappa shape index (κ2) is 7.99. The predicted octanol–water partition coefficient (Wildman–Crippen LogP) is 5.09. The average Bonchev–Trinajstić information content (AvgIpc) is 2.48. The van der Waals surface area contributed by atoms with Crippen LogP contribution in [-0.4, -0.2) is 16.5 Å². The maximum absolute atomic E-state index is 6.16. The molecule has 0 radical (unpaired) electrons. The molecule has 0 atom stereocenters. The van der Waals surface area contributed by atoms with E-state index in [1.807, 2.05) is 38.1 Å². The molecule has 0 saturated carbocycles. The van der Waals surface area contributed by atoms with Crippen molar-refractivity contribution in [2.24, 2.45) is 0 Å². The summed E-state index contributed by atoms with van der Waals surface area (Å²) in [5.74, 6) is 2.37. The van der Waals surface area contributed by atoms with Crippen molar-refractivity contribution in [1.82, 2.24) is 9.97 Å². The van der Waals surface area contributed by atoms with Crippen LogP contribution >= 0.6 is 11.6 Å². The third-order valence-electron chi connectivity index (χ3n) is 3.45. The van der Waals surface area contributed by atoms with Gasteiger partial charge in [0, 0.05) is 23.3 Å². The molecule has 2 N–H and O–H groups in total. The molecule has 5 heteroatoms. The van der Waals surface area contributed by atoms with Gasteiger partial charge in [-0.15, -0.1) is 0 Å². The molecule has 1 aromatic heterocycles. The number of nitrogens with zero attached hydrogens (tertiary/aromatic N) is 2. The largest absolute Gasteiger partial charge is 0.370 e. The molecule has 0 amide bonds. The quantitative estimate of drug-likeness (QED) is 0.698. The van der Waals surface area contributed by atoms with E-state index in [1.165, 1.54) is 12.8 Å². The minimum Gasteiger partial charge on any atom is -0.370 e. The Bertz CT molecular complexity index is 628. The highest BCUT2D eigenvalue weighted by molar-refractivity contribution is 6.31. The zero-order valence-corrected chi connectivity index (χ0v) is 14.2. The summed E-state index contributed by atoms with van der Waals surface area (Å²) in [5.41, 5.74) is 1.97. The van der Waals surface area contributed by atoms with Gasteiger partial charge in [-0.25, -0.2) is 9.97 Å². The summed E-state index contributed by atoms with van der Waals surface area (Å²) in [4.78, 5) is 8.86. The number of anilines is 3. The lowest BCUT2D eigenvalue weighted by atomic mass is 10.2. The molecule has 118 valence electrons. The molecule has 0 aliphatic heterocycles. The first-order valence-electron chi connectivity index (χ1n) is 7.72. The van der Waals surface area contributed by atoms with E-state index in [0.29, 0.717) is 0 Å². The van der Waals surface area contributed by atoms with Crippen molar-refractivity contribution in [3.05, 3.63) is 40.7 Å². The number of hydrogen-bond donors (Lipinski definition) is 2. The Hall–Kier alpha value is -1.81. The fourth-order valence-corrected chi connectivity index (χ4v) is 2.37. The molecule has 2 aromatic rings. The highest BCUT2D eigenvalue weighted by Crippen LogP contribution is 2.26. The summed E-state index contributed by atoms with van der Waals surface area (Å²) < 4.78 is 0. The standard InChI is InChI=1S/C17H23ClN4/c1-4-5-6-10-19-16-11-17(21-13(3)20-16)22-15-9-7-8-14(18)12(15)2/h7-9,11H,4-6,10H2,1-3H3,(H2,19,20,21,22). The fraction of sp³-hybridized carbons (Fsp3) is 0.412. The van der Waals surface area contributed by atoms with E-state index in [-0.39, 0.29) is 0 Å². The molecule has 0 spiro atoms. The molecule has 1 heterocycles. The first-order valence-corrected chi connectivity index (χ1v) is 8.09. The number of rotatable bonds is 7. The van der Waals surface area contributed by atoms with Gasteiger partial charge in [-0.3, -0.25) is 0 Å². The van der Waals surface area contributed by atoms with Gasteiger partial charge < -0.3 is 10.6 Å². The topological polar surface area (TPSA) is 49.8 Å². The van der Waals surface area contributed by atoms with Crippen LogP contribution in [0.3, 0.4) is 0 Å². The molecular formula is C17H23ClN4. The number of unbranched alkanes of at least 4 members (excludes halogenated alkanes) is 2. The van der Waals surface area contributed by atoms with Crippen LogP contribution < -0.4 is 10.6 Å². The van der Waals surface area contributed by atoms with Crippen LogP contribution in [0.5, 0.6) is 0 Å². The molecule has 0 aliphatic rings. The first-order chi connectivity index (χ1) is 10.6. The summed E-state index contributed by atoms with van der Waals surface area (Å²) in [6.07, 6.45) is 3.59. The van der Waals surface area contributed by atoms with Gasteiger partial charge in [-0.05, 0) is 38.0 Å². The Balaban J connectivity index is 2.10. The Morgan fingerprint density at radius 3 is 2.64 bits per heavy atom. The number of hydrogen-bond acceptors (Lipinski definition) is 4. The molecule has 0 aliphatic carbocycles. The van der Waals surface area contributed by atoms with Crippen molar-refractivity contribution in [3.63, 3.8) is 0 Å². The van der Waals surface area contributed by atoms with Gasteiger partial charge in [0.05, 0.1) is 0 Å². The fourth-order valence-electron chi connectivity index (χ4n) is 2.19. The van der Waals surface area contributed by atoms with Gasteiger partial charge in [0.25, 0.3) is 0 Å². The number of benzene rings is 1. The van der Waals surface area contributed by atoms with Crippen LogP contribution in [0.4, 0.5) is 17.3 Å². The molecule has 0 bridgehead atoms. The minimum absolute atomic E-state index is 0.739. The van der Waals surface area contributed by atoms with E-state index < -0.39 is 0 Å². The Morgan fingerprint density at radius 2 is 1.86 bits per heavy atom. The van der Waals surface area contributed by atoms with Crippen LogP contribution in [0.15, 0.2) is 24.3 Å². The van der Waals surface area contributed by atoms with Crippen LogP contribution in [0.2, 0.25) is 5.02 Å². The van der Waals surface area contributed by atoms with Crippen molar-refractivity contribution in [1.29, 1.82) is 0 Å². The molecule has 22 heavy (non-hydrogen) atoms. The molecule has 1 aromatic carbocycles. The van der Waals surface area contributed by atoms with Crippen LogP contribution in [0.1, 0.15) is 37.6 Å². The minimum atomic E-state index is 0.739. The molecule has 0 unspecified atom stereocenters. The Kier molecular flexibility index (Phi) is 6.01. The van der Waals surface area contributed by atoms with Crippen LogP contribution in [0, 0.1) is 13.8 Å². The van der Waals surface area contributed by atoms with E-state index in [9.17, 15) is 0 Å². The molecule has 0 fully saturated rings. The third kappa shape index (κ3) is 4.60. The van der Waals surface area contributed by atoms with Gasteiger partial charge in [0.2, 0.25) is 0 Å². The number of nitrogens with one attached hydrogen (secondary N) is 2. The zero-order chi connectivity index (χ0) is 15.9. The van der Waals surface area contributed by atoms with Gasteiger partial charge in [0.15, 0.2) is 0 Å². The second-order valence-electron chi connectivity index (χ2n) is 5.36. The van der Waals surface area contributed by atoms with Gasteiger partial charge in [-0.2, -0.15) is 0 Å². The van der Waals surface area contributed by atoms with Gasteiger partial charge >= 0.3 is 0 Å². The van der Waals surface area contributed by atoms with Gasteiger partial charge in [0.1, 0.15) is 17.5 Å². The molecular weight excluding hydrogens is 296 g/mol. The summed E-state index contributed by atoms with van der Waals surface area (Å²) >= 11 is 6.16. The Labute approximate surface area is 137 Å². The SMILES string of the molecule is CCCCCNc1cc(Nc2cccc(Cl)c2C)nc(C)n1. The van der Waals surface area contributed by atoms with Crippen molar-refractivity contribution in [2.75, 3.05) is 17.2 Å². The lowest BCUT2D eigenvalue weighted by Crippen LogP contribution is -2.06. The molecule has 2 rings (SSSR count). The maximum Gasteiger partial charge on any atom is 0.136 e. The van der Waals surface area contributed by atoms with E-state index in [0.717, 1.165) is 46.7 Å². The third-order valence-corrected chi connectivity index (χ3v) is 3.86. The number of aryl methyl sites for hydroxylation is 1. The summed E-state index contributed by atoms with van der Waals surface area (Å²) in [7, 11) is 0. The monoisotopic (exact) mass is 318 g/mol. The zero-order valence-electron chi connectivity index (χ0n) is 13.4. The first kappa shape index (κ1) is 16.6. The van der Waals surface area contributed by atoms with Crippen molar-refractivity contribution in [3.8, 4) is 0 Å². The lowest BCUT2D eigenvalue weighted by Gasteiger charge is -2.12.